The van der Waals surface area contributed by atoms with Gasteiger partial charge in [0.25, 0.3) is 0 Å². The fourth-order valence-electron chi connectivity index (χ4n) is 3.27. The summed E-state index contributed by atoms with van der Waals surface area (Å²) in [5.74, 6) is 0. The minimum atomic E-state index is -0.463. The number of hydrogen-bond donors (Lipinski definition) is 1. The lowest BCUT2D eigenvalue weighted by Gasteiger charge is -2.10. The summed E-state index contributed by atoms with van der Waals surface area (Å²) < 4.78 is 6.99. The highest BCUT2D eigenvalue weighted by molar-refractivity contribution is 6.10. The van der Waals surface area contributed by atoms with Gasteiger partial charge < -0.3 is 28.7 Å². The zero-order valence-corrected chi connectivity index (χ0v) is 19.0. The molecular weight excluding hydrogens is 489 g/mol. The maximum Gasteiger partial charge on any atom is 0.411 e. The van der Waals surface area contributed by atoms with Crippen molar-refractivity contribution >= 4 is 45.6 Å². The second-order valence-electron chi connectivity index (χ2n) is 6.75. The average Bonchev–Trinajstić information content (AvgIpc) is 2.73. The Morgan fingerprint density at radius 2 is 1.80 bits per heavy atom. The van der Waals surface area contributed by atoms with Gasteiger partial charge in [-0.2, -0.15) is 0 Å². The van der Waals surface area contributed by atoms with Crippen LogP contribution in [0, 0.1) is 0 Å². The van der Waals surface area contributed by atoms with Crippen LogP contribution in [0.5, 0.6) is 0 Å². The zero-order valence-electron chi connectivity index (χ0n) is 16.8. The van der Waals surface area contributed by atoms with E-state index >= 15 is 0 Å². The van der Waals surface area contributed by atoms with Crippen LogP contribution in [0.2, 0.25) is 0 Å². The van der Waals surface area contributed by atoms with E-state index in [9.17, 15) is 4.79 Å². The Bertz CT molecular complexity index is 1220. The van der Waals surface area contributed by atoms with Gasteiger partial charge >= 0.3 is 6.09 Å². The predicted molar refractivity (Wildman–Crippen MR) is 116 cm³/mol. The maximum absolute atomic E-state index is 11.8. The van der Waals surface area contributed by atoms with Crippen LogP contribution in [-0.4, -0.2) is 17.7 Å². The number of amides is 1. The molecule has 152 valence electrons. The number of benzene rings is 2. The molecule has 2 aromatic heterocycles. The second-order valence-corrected chi connectivity index (χ2v) is 6.75. The molecule has 1 N–H and O–H groups in total. The third-order valence-corrected chi connectivity index (χ3v) is 4.69. The van der Waals surface area contributed by atoms with Crippen molar-refractivity contribution in [1.82, 2.24) is 4.98 Å². The minimum absolute atomic E-state index is 0. The number of nitrogens with one attached hydrogen (secondary N) is 1. The van der Waals surface area contributed by atoms with Gasteiger partial charge in [-0.3, -0.25) is 5.32 Å². The van der Waals surface area contributed by atoms with Crippen molar-refractivity contribution in [2.75, 3.05) is 11.9 Å². The largest absolute Gasteiger partial charge is 1.00 e. The Kier molecular flexibility index (Phi) is 6.99. The molecule has 4 aromatic rings. The molecule has 0 saturated heterocycles. The van der Waals surface area contributed by atoms with Gasteiger partial charge in [-0.25, -0.2) is 14.3 Å². The van der Waals surface area contributed by atoms with Gasteiger partial charge in [0.2, 0.25) is 0 Å². The molecule has 1 amide bonds. The Labute approximate surface area is 192 Å². The summed E-state index contributed by atoms with van der Waals surface area (Å²) >= 11 is 0. The van der Waals surface area contributed by atoms with E-state index in [2.05, 4.69) is 11.4 Å². The van der Waals surface area contributed by atoms with E-state index in [1.54, 1.807) is 6.92 Å². The number of carbonyl (C=O) groups excluding carboxylic acids is 1. The topological polar surface area (TPSA) is 55.1 Å². The monoisotopic (exact) mass is 511 g/mol. The van der Waals surface area contributed by atoms with E-state index in [1.165, 1.54) is 0 Å². The van der Waals surface area contributed by atoms with Crippen LogP contribution in [0.25, 0.3) is 33.8 Å². The summed E-state index contributed by atoms with van der Waals surface area (Å²) in [7, 11) is 1.99. The first-order chi connectivity index (χ1) is 14.1. The molecule has 30 heavy (non-hydrogen) atoms. The van der Waals surface area contributed by atoms with Gasteiger partial charge in [0.15, 0.2) is 12.4 Å². The Balaban J connectivity index is 0.00000256. The summed E-state index contributed by atoms with van der Waals surface area (Å²) in [4.78, 5) is 16.7. The van der Waals surface area contributed by atoms with Crippen LogP contribution in [-0.2, 0) is 11.8 Å². The number of para-hydroxylation sites is 1. The fourth-order valence-corrected chi connectivity index (χ4v) is 3.27. The first-order valence-corrected chi connectivity index (χ1v) is 9.53. The highest BCUT2D eigenvalue weighted by Crippen LogP contribution is 2.30. The average molecular weight is 511 g/mol. The van der Waals surface area contributed by atoms with E-state index in [0.717, 1.165) is 32.9 Å². The minimum Gasteiger partial charge on any atom is -1.00 e. The number of aromatic nitrogens is 2. The van der Waals surface area contributed by atoms with Gasteiger partial charge in [-0.15, -0.1) is 0 Å². The number of ether oxygens (including phenoxy) is 1. The summed E-state index contributed by atoms with van der Waals surface area (Å²) in [6.45, 7) is 2.11. The van der Waals surface area contributed by atoms with Crippen molar-refractivity contribution in [3.8, 4) is 0 Å². The lowest BCUT2D eigenvalue weighted by atomic mass is 10.0. The number of nitrogens with zero attached hydrogens (tertiary/aromatic N) is 2. The standard InChI is InChI=1S/C24H21N3O2.HI/c1-3-29-24(28)25-18-9-10-19-20-6-4-5-7-22(20)26-23(21(19)16-18)11-8-17-12-14-27(2)15-13-17;/h4-16H,3H2,1-2H3;1H. The van der Waals surface area contributed by atoms with Gasteiger partial charge in [0.05, 0.1) is 17.8 Å². The van der Waals surface area contributed by atoms with Crippen LogP contribution in [0.4, 0.5) is 10.5 Å². The number of anilines is 1. The SMILES string of the molecule is CCOC(=O)Nc1ccc2c(c1)c(/C=C\c1cc[n+](C)cc1)nc1ccccc12.[I-]. The molecule has 0 atom stereocenters. The molecule has 0 unspecified atom stereocenters. The third-order valence-electron chi connectivity index (χ3n) is 4.69. The van der Waals surface area contributed by atoms with Crippen LogP contribution in [0.3, 0.4) is 0 Å². The summed E-state index contributed by atoms with van der Waals surface area (Å²) in [6, 6.07) is 18.0. The van der Waals surface area contributed by atoms with Crippen LogP contribution < -0.4 is 33.9 Å². The smallest absolute Gasteiger partial charge is 0.411 e. The molecule has 5 nitrogen and oxygen atoms in total. The van der Waals surface area contributed by atoms with E-state index in [1.807, 2.05) is 84.7 Å². The Morgan fingerprint density at radius 1 is 1.03 bits per heavy atom. The summed E-state index contributed by atoms with van der Waals surface area (Å²) in [6.07, 6.45) is 7.61. The molecule has 6 heteroatoms. The van der Waals surface area contributed by atoms with Gasteiger partial charge in [-0.05, 0) is 42.1 Å². The first kappa shape index (κ1) is 21.7. The quantitative estimate of drug-likeness (QED) is 0.259. The van der Waals surface area contributed by atoms with Crippen molar-refractivity contribution < 1.29 is 38.1 Å². The van der Waals surface area contributed by atoms with E-state index in [-0.39, 0.29) is 24.0 Å². The van der Waals surface area contributed by atoms with Gasteiger partial charge in [0, 0.05) is 28.6 Å². The normalized spacial score (nSPS) is 10.9. The van der Waals surface area contributed by atoms with E-state index in [0.29, 0.717) is 12.3 Å². The molecule has 0 aliphatic carbocycles. The second kappa shape index (κ2) is 9.67. The first-order valence-electron chi connectivity index (χ1n) is 9.53. The highest BCUT2D eigenvalue weighted by atomic mass is 127. The lowest BCUT2D eigenvalue weighted by molar-refractivity contribution is -0.671. The number of halogens is 1. The number of pyridine rings is 2. The highest BCUT2D eigenvalue weighted by Gasteiger charge is 2.09. The van der Waals surface area contributed by atoms with Crippen molar-refractivity contribution in [3.63, 3.8) is 0 Å². The Morgan fingerprint density at radius 3 is 2.57 bits per heavy atom. The predicted octanol–water partition coefficient (Wildman–Crippen LogP) is 1.96. The van der Waals surface area contributed by atoms with Crippen molar-refractivity contribution in [1.29, 1.82) is 0 Å². The fraction of sp³-hybridized carbons (Fsp3) is 0.125. The number of fused-ring (bicyclic) bond motifs is 3. The molecule has 0 radical (unpaired) electrons. The van der Waals surface area contributed by atoms with Crippen LogP contribution in [0.15, 0.2) is 67.0 Å². The van der Waals surface area contributed by atoms with Crippen LogP contribution >= 0.6 is 0 Å². The number of rotatable bonds is 4. The molecule has 4 rings (SSSR count). The van der Waals surface area contributed by atoms with Crippen molar-refractivity contribution in [2.24, 2.45) is 7.05 Å². The molecule has 0 fully saturated rings. The lowest BCUT2D eigenvalue weighted by Crippen LogP contribution is -3.00. The maximum atomic E-state index is 11.8. The third kappa shape index (κ3) is 4.76. The molecule has 2 aromatic carbocycles. The summed E-state index contributed by atoms with van der Waals surface area (Å²) in [5.41, 5.74) is 3.55. The molecule has 0 aliphatic rings. The van der Waals surface area contributed by atoms with Gasteiger partial charge in [-0.1, -0.05) is 30.3 Å². The molecule has 2 heterocycles. The summed E-state index contributed by atoms with van der Waals surface area (Å²) in [5, 5.41) is 5.91. The van der Waals surface area contributed by atoms with E-state index in [4.69, 9.17) is 9.72 Å². The Hall–Kier alpha value is -3.00. The molecule has 0 saturated carbocycles. The number of hydrogen-bond acceptors (Lipinski definition) is 3. The molecular formula is C24H22IN3O2. The van der Waals surface area contributed by atoms with Crippen molar-refractivity contribution in [2.45, 2.75) is 6.92 Å². The molecule has 0 aliphatic heterocycles. The van der Waals surface area contributed by atoms with E-state index < -0.39 is 6.09 Å². The zero-order chi connectivity index (χ0) is 20.2. The number of carbonyl (C=O) groups is 1. The van der Waals surface area contributed by atoms with Crippen molar-refractivity contribution in [3.05, 3.63) is 78.2 Å². The van der Waals surface area contributed by atoms with Crippen LogP contribution in [0.1, 0.15) is 18.2 Å². The number of aryl methyl sites for hydroxylation is 1. The molecule has 0 bridgehead atoms. The van der Waals surface area contributed by atoms with Gasteiger partial charge in [0.1, 0.15) is 7.05 Å². The molecule has 0 spiro atoms.